The van der Waals surface area contributed by atoms with Crippen LogP contribution in [0.15, 0.2) is 59.4 Å². The number of para-hydroxylation sites is 1. The number of hydrogen-bond donors (Lipinski definition) is 2. The summed E-state index contributed by atoms with van der Waals surface area (Å²) in [6, 6.07) is 13.4. The molecule has 3 aromatic carbocycles. The van der Waals surface area contributed by atoms with E-state index in [1.54, 1.807) is 12.1 Å². The lowest BCUT2D eigenvalue weighted by atomic mass is 10.0. The molecule has 2 N–H and O–H groups in total. The van der Waals surface area contributed by atoms with Crippen LogP contribution >= 0.6 is 0 Å². The first-order valence-electron chi connectivity index (χ1n) is 9.32. The summed E-state index contributed by atoms with van der Waals surface area (Å²) >= 11 is 0. The molecule has 0 aliphatic rings. The smallest absolute Gasteiger partial charge is 0.257 e. The second-order valence-corrected chi connectivity index (χ2v) is 7.38. The zero-order valence-electron chi connectivity index (χ0n) is 16.4. The van der Waals surface area contributed by atoms with Gasteiger partial charge in [-0.2, -0.15) is 0 Å². The van der Waals surface area contributed by atoms with Gasteiger partial charge < -0.3 is 15.2 Å². The molecule has 0 unspecified atom stereocenters. The molecule has 152 valence electrons. The molecule has 1 heterocycles. The van der Waals surface area contributed by atoms with Crippen LogP contribution in [0.5, 0.6) is 0 Å². The first-order valence-corrected chi connectivity index (χ1v) is 9.32. The van der Waals surface area contributed by atoms with E-state index < -0.39 is 23.0 Å². The van der Waals surface area contributed by atoms with Crippen molar-refractivity contribution in [2.45, 2.75) is 6.54 Å². The minimum absolute atomic E-state index is 0.0143. The third kappa shape index (κ3) is 3.67. The highest BCUT2D eigenvalue weighted by Gasteiger charge is 2.17. The average Bonchev–Trinajstić information content (AvgIpc) is 2.70. The monoisotopic (exact) mass is 407 g/mol. The van der Waals surface area contributed by atoms with E-state index in [1.807, 2.05) is 31.1 Å². The summed E-state index contributed by atoms with van der Waals surface area (Å²) < 4.78 is 28.5. The van der Waals surface area contributed by atoms with E-state index in [1.165, 1.54) is 18.2 Å². The Morgan fingerprint density at radius 2 is 1.73 bits per heavy atom. The fourth-order valence-corrected chi connectivity index (χ4v) is 3.47. The van der Waals surface area contributed by atoms with E-state index in [0.717, 1.165) is 24.2 Å². The molecule has 0 bridgehead atoms. The number of anilines is 1. The summed E-state index contributed by atoms with van der Waals surface area (Å²) in [5.74, 6) is -1.96. The first kappa shape index (κ1) is 19.7. The average molecular weight is 407 g/mol. The maximum absolute atomic E-state index is 14.2. The third-order valence-electron chi connectivity index (χ3n) is 4.81. The van der Waals surface area contributed by atoms with Crippen LogP contribution in [0.1, 0.15) is 15.9 Å². The van der Waals surface area contributed by atoms with Crippen LogP contribution in [-0.2, 0) is 6.54 Å². The van der Waals surface area contributed by atoms with Crippen molar-refractivity contribution in [3.8, 4) is 0 Å². The highest BCUT2D eigenvalue weighted by Crippen LogP contribution is 2.23. The minimum Gasteiger partial charge on any atom is -0.351 e. The van der Waals surface area contributed by atoms with Gasteiger partial charge in [-0.25, -0.2) is 8.78 Å². The van der Waals surface area contributed by atoms with Crippen molar-refractivity contribution in [3.05, 3.63) is 87.6 Å². The molecule has 0 atom stereocenters. The number of carbonyl (C=O) groups is 1. The molecule has 30 heavy (non-hydrogen) atoms. The number of rotatable bonds is 4. The fraction of sp³-hybridized carbons (Fsp3) is 0.130. The van der Waals surface area contributed by atoms with Gasteiger partial charge in [0.2, 0.25) is 0 Å². The molecule has 4 rings (SSSR count). The van der Waals surface area contributed by atoms with Crippen LogP contribution in [-0.4, -0.2) is 29.9 Å². The Hall–Kier alpha value is -3.58. The van der Waals surface area contributed by atoms with Crippen LogP contribution in [0.25, 0.3) is 21.8 Å². The molecular weight excluding hydrogens is 388 g/mol. The largest absolute Gasteiger partial charge is 0.351 e. The number of aromatic nitrogens is 1. The van der Waals surface area contributed by atoms with Crippen LogP contribution in [0.3, 0.4) is 0 Å². The van der Waals surface area contributed by atoms with Gasteiger partial charge in [0.05, 0.1) is 16.6 Å². The van der Waals surface area contributed by atoms with E-state index in [-0.39, 0.29) is 27.4 Å². The maximum Gasteiger partial charge on any atom is 0.257 e. The molecule has 1 amide bonds. The maximum atomic E-state index is 14.2. The van der Waals surface area contributed by atoms with Gasteiger partial charge in [0.1, 0.15) is 11.6 Å². The zero-order valence-corrected chi connectivity index (χ0v) is 16.4. The van der Waals surface area contributed by atoms with Crippen molar-refractivity contribution in [2.24, 2.45) is 0 Å². The number of pyridine rings is 1. The molecule has 0 saturated heterocycles. The summed E-state index contributed by atoms with van der Waals surface area (Å²) in [5.41, 5.74) is 1.03. The van der Waals surface area contributed by atoms with Crippen molar-refractivity contribution in [2.75, 3.05) is 19.4 Å². The van der Waals surface area contributed by atoms with Gasteiger partial charge in [-0.1, -0.05) is 18.2 Å². The van der Waals surface area contributed by atoms with E-state index in [4.69, 9.17) is 0 Å². The Labute approximate surface area is 170 Å². The van der Waals surface area contributed by atoms with Gasteiger partial charge >= 0.3 is 0 Å². The number of halogens is 2. The Kier molecular flexibility index (Phi) is 5.05. The van der Waals surface area contributed by atoms with Crippen LogP contribution in [0, 0.1) is 11.6 Å². The number of hydrogen-bond acceptors (Lipinski definition) is 3. The number of nitrogens with one attached hydrogen (secondary N) is 2. The van der Waals surface area contributed by atoms with Crippen molar-refractivity contribution in [1.29, 1.82) is 0 Å². The predicted octanol–water partition coefficient (Wildman–Crippen LogP) is 4.27. The van der Waals surface area contributed by atoms with E-state index >= 15 is 0 Å². The molecule has 0 aliphatic carbocycles. The lowest BCUT2D eigenvalue weighted by Crippen LogP contribution is -2.16. The highest BCUT2D eigenvalue weighted by atomic mass is 19.1. The molecule has 4 aromatic rings. The van der Waals surface area contributed by atoms with Crippen LogP contribution < -0.4 is 10.7 Å². The lowest BCUT2D eigenvalue weighted by Gasteiger charge is -2.12. The molecule has 0 radical (unpaired) electrons. The molecular formula is C23H19F2N3O2. The number of amides is 1. The van der Waals surface area contributed by atoms with E-state index in [2.05, 4.69) is 10.3 Å². The Bertz CT molecular complexity index is 1330. The minimum atomic E-state index is -0.727. The normalized spacial score (nSPS) is 11.4. The lowest BCUT2D eigenvalue weighted by molar-refractivity contribution is 0.102. The molecule has 5 nitrogen and oxygen atoms in total. The molecule has 0 spiro atoms. The molecule has 0 fully saturated rings. The van der Waals surface area contributed by atoms with Gasteiger partial charge in [-0.05, 0) is 56.1 Å². The summed E-state index contributed by atoms with van der Waals surface area (Å²) in [7, 11) is 3.91. The molecule has 0 aliphatic heterocycles. The predicted molar refractivity (Wildman–Crippen MR) is 114 cm³/mol. The topological polar surface area (TPSA) is 65.2 Å². The Morgan fingerprint density at radius 3 is 2.43 bits per heavy atom. The van der Waals surface area contributed by atoms with Crippen molar-refractivity contribution < 1.29 is 13.6 Å². The highest BCUT2D eigenvalue weighted by molar-refractivity contribution is 6.13. The second kappa shape index (κ2) is 7.68. The molecule has 0 saturated carbocycles. The standard InChI is InChI=1S/C23H19F2N3O2/c1-28(2)12-13-6-8-15(9-7-13)26-23(30)18-11-14(24)10-17-20(18)27-21-16(22(17)29)4-3-5-19(21)25/h3-11H,12H2,1-2H3,(H,26,30)(H,27,29). The van der Waals surface area contributed by atoms with Gasteiger partial charge in [-0.3, -0.25) is 9.59 Å². The fourth-order valence-electron chi connectivity index (χ4n) is 3.47. The van der Waals surface area contributed by atoms with Crippen LogP contribution in [0.2, 0.25) is 0 Å². The van der Waals surface area contributed by atoms with Gasteiger partial charge in [0.15, 0.2) is 5.43 Å². The number of nitrogens with zero attached hydrogens (tertiary/aromatic N) is 1. The number of fused-ring (bicyclic) bond motifs is 2. The quantitative estimate of drug-likeness (QED) is 0.497. The SMILES string of the molecule is CN(C)Cc1ccc(NC(=O)c2cc(F)cc3c(=O)c4cccc(F)c4[nH]c23)cc1. The Balaban J connectivity index is 1.78. The first-order chi connectivity index (χ1) is 14.3. The van der Waals surface area contributed by atoms with Crippen LogP contribution in [0.4, 0.5) is 14.5 Å². The Morgan fingerprint density at radius 1 is 1.00 bits per heavy atom. The summed E-state index contributed by atoms with van der Waals surface area (Å²) in [5, 5.41) is 2.78. The summed E-state index contributed by atoms with van der Waals surface area (Å²) in [6.07, 6.45) is 0. The third-order valence-corrected chi connectivity index (χ3v) is 4.81. The van der Waals surface area contributed by atoms with E-state index in [9.17, 15) is 18.4 Å². The number of aromatic amines is 1. The molecule has 1 aromatic heterocycles. The number of H-pyrrole nitrogens is 1. The summed E-state index contributed by atoms with van der Waals surface area (Å²) in [6.45, 7) is 0.753. The zero-order chi connectivity index (χ0) is 21.4. The molecule has 7 heteroatoms. The van der Waals surface area contributed by atoms with Crippen molar-refractivity contribution >= 4 is 33.4 Å². The van der Waals surface area contributed by atoms with Gasteiger partial charge in [-0.15, -0.1) is 0 Å². The second-order valence-electron chi connectivity index (χ2n) is 7.38. The van der Waals surface area contributed by atoms with Gasteiger partial charge in [0.25, 0.3) is 5.91 Å². The van der Waals surface area contributed by atoms with E-state index in [0.29, 0.717) is 5.69 Å². The summed E-state index contributed by atoms with van der Waals surface area (Å²) in [4.78, 5) is 30.5. The van der Waals surface area contributed by atoms with Crippen molar-refractivity contribution in [3.63, 3.8) is 0 Å². The van der Waals surface area contributed by atoms with Gasteiger partial charge in [0, 0.05) is 23.0 Å². The van der Waals surface area contributed by atoms with Crippen molar-refractivity contribution in [1.82, 2.24) is 9.88 Å². The number of carbonyl (C=O) groups excluding carboxylic acids is 1. The number of benzene rings is 3.